The number of nitroso groups, excluding NO2 is 1. The van der Waals surface area contributed by atoms with Gasteiger partial charge in [-0.2, -0.15) is 0 Å². The fourth-order valence-corrected chi connectivity index (χ4v) is 0.883. The Morgan fingerprint density at radius 3 is 2.27 bits per heavy atom. The number of guanidine groups is 1. The number of amidine groups is 1. The van der Waals surface area contributed by atoms with Gasteiger partial charge in [-0.3, -0.25) is 20.2 Å². The molecular formula is C4H4N6O5. The summed E-state index contributed by atoms with van der Waals surface area (Å²) in [5.74, 6) is -4.05. The van der Waals surface area contributed by atoms with E-state index in [4.69, 9.17) is 0 Å². The molecule has 1 aliphatic heterocycles. The minimum Gasteiger partial charge on any atom is -0.309 e. The number of nitro groups is 2. The predicted molar refractivity (Wildman–Crippen MR) is 46.2 cm³/mol. The number of rotatable bonds is 2. The largest absolute Gasteiger partial charge is 0.678 e. The van der Waals surface area contributed by atoms with Gasteiger partial charge in [0.2, 0.25) is 0 Å². The van der Waals surface area contributed by atoms with E-state index in [2.05, 4.69) is 20.5 Å². The first kappa shape index (κ1) is 10.6. The molecule has 0 aromatic heterocycles. The summed E-state index contributed by atoms with van der Waals surface area (Å²) < 4.78 is 0. The molecule has 80 valence electrons. The molecule has 11 heteroatoms. The van der Waals surface area contributed by atoms with Crippen molar-refractivity contribution in [1.82, 2.24) is 5.32 Å². The third-order valence-corrected chi connectivity index (χ3v) is 1.44. The molecule has 0 aliphatic carbocycles. The highest BCUT2D eigenvalue weighted by Gasteiger charge is 2.60. The van der Waals surface area contributed by atoms with Crippen molar-refractivity contribution in [3.8, 4) is 0 Å². The molecule has 11 nitrogen and oxygen atoms in total. The molecule has 0 amide bonds. The number of hydrogen-bond acceptors (Lipinski definition) is 9. The maximum atomic E-state index is 10.5. The van der Waals surface area contributed by atoms with Crippen molar-refractivity contribution in [2.75, 3.05) is 0 Å². The Bertz CT molecular complexity index is 384. The van der Waals surface area contributed by atoms with Crippen LogP contribution in [0.25, 0.3) is 0 Å². The zero-order chi connectivity index (χ0) is 11.6. The van der Waals surface area contributed by atoms with Crippen molar-refractivity contribution in [3.63, 3.8) is 0 Å². The van der Waals surface area contributed by atoms with Gasteiger partial charge >= 0.3 is 5.91 Å². The third kappa shape index (κ3) is 1.61. The Hall–Kier alpha value is -2.46. The highest BCUT2D eigenvalue weighted by atomic mass is 16.7. The normalized spacial score (nSPS) is 18.2. The van der Waals surface area contributed by atoms with Crippen LogP contribution in [0.2, 0.25) is 0 Å². The summed E-state index contributed by atoms with van der Waals surface area (Å²) in [5.41, 5.74) is 0. The standard InChI is InChI=1S/C4H4N6O5/c1-2-5-3(8-11)7-4(6-2,9(12)13)10(14)15/h1H3,(H,5,6,7). The van der Waals surface area contributed by atoms with Gasteiger partial charge < -0.3 is 5.32 Å². The molecule has 0 fully saturated rings. The van der Waals surface area contributed by atoms with Crippen LogP contribution in [0, 0.1) is 25.1 Å². The Kier molecular flexibility index (Phi) is 2.38. The summed E-state index contributed by atoms with van der Waals surface area (Å²) in [6.45, 7) is 1.21. The average molecular weight is 216 g/mol. The van der Waals surface area contributed by atoms with Crippen LogP contribution in [0.4, 0.5) is 0 Å². The third-order valence-electron chi connectivity index (χ3n) is 1.44. The molecule has 0 saturated carbocycles. The highest BCUT2D eigenvalue weighted by Crippen LogP contribution is 2.18. The van der Waals surface area contributed by atoms with E-state index in [0.717, 1.165) is 0 Å². The summed E-state index contributed by atoms with van der Waals surface area (Å²) >= 11 is 0. The number of nitrogens with zero attached hydrogens (tertiary/aromatic N) is 5. The Morgan fingerprint density at radius 2 is 1.87 bits per heavy atom. The fraction of sp³-hybridized carbons (Fsp3) is 0.500. The van der Waals surface area contributed by atoms with Gasteiger partial charge in [-0.25, -0.2) is 0 Å². The average Bonchev–Trinajstić information content (AvgIpc) is 2.16. The lowest BCUT2D eigenvalue weighted by Crippen LogP contribution is -2.50. The van der Waals surface area contributed by atoms with Gasteiger partial charge in [0.25, 0.3) is 5.96 Å². The van der Waals surface area contributed by atoms with Crippen LogP contribution >= 0.6 is 0 Å². The topological polar surface area (TPSA) is 152 Å². The second-order valence-electron chi connectivity index (χ2n) is 2.46. The SMILES string of the molecule is CC1=NC([N+](=O)[O-])([N+](=O)[O-])N=C(N=O)N1. The number of hydrogen-bond donors (Lipinski definition) is 1. The van der Waals surface area contributed by atoms with E-state index in [1.807, 2.05) is 0 Å². The van der Waals surface area contributed by atoms with Crippen LogP contribution in [0.3, 0.4) is 0 Å². The molecule has 1 rings (SSSR count). The summed E-state index contributed by atoms with van der Waals surface area (Å²) in [5, 5.41) is 25.4. The van der Waals surface area contributed by atoms with Gasteiger partial charge in [-0.15, -0.1) is 9.90 Å². The fourth-order valence-electron chi connectivity index (χ4n) is 0.883. The molecule has 15 heavy (non-hydrogen) atoms. The summed E-state index contributed by atoms with van der Waals surface area (Å²) in [6.07, 6.45) is 0. The van der Waals surface area contributed by atoms with Crippen molar-refractivity contribution in [1.29, 1.82) is 0 Å². The number of aliphatic imine (C=N–C) groups is 2. The molecular weight excluding hydrogens is 212 g/mol. The van der Waals surface area contributed by atoms with Gasteiger partial charge in [0, 0.05) is 5.18 Å². The van der Waals surface area contributed by atoms with Crippen LogP contribution in [0.5, 0.6) is 0 Å². The molecule has 1 heterocycles. The van der Waals surface area contributed by atoms with Crippen molar-refractivity contribution < 1.29 is 9.85 Å². The van der Waals surface area contributed by atoms with Crippen LogP contribution in [0.1, 0.15) is 6.92 Å². The first-order valence-electron chi connectivity index (χ1n) is 3.48. The van der Waals surface area contributed by atoms with Gasteiger partial charge in [-0.05, 0) is 6.92 Å². The smallest absolute Gasteiger partial charge is 0.309 e. The van der Waals surface area contributed by atoms with Crippen molar-refractivity contribution in [3.05, 3.63) is 25.1 Å². The molecule has 1 N–H and O–H groups in total. The maximum absolute atomic E-state index is 10.5. The Balaban J connectivity index is 3.34. The van der Waals surface area contributed by atoms with Crippen LogP contribution in [-0.2, 0) is 0 Å². The molecule has 0 atom stereocenters. The lowest BCUT2D eigenvalue weighted by atomic mass is 10.5. The molecule has 0 unspecified atom stereocenters. The molecule has 0 aromatic rings. The van der Waals surface area contributed by atoms with Crippen LogP contribution in [0.15, 0.2) is 15.2 Å². The quantitative estimate of drug-likeness (QED) is 0.278. The van der Waals surface area contributed by atoms with E-state index in [-0.39, 0.29) is 5.84 Å². The Morgan fingerprint density at radius 1 is 1.33 bits per heavy atom. The molecule has 0 spiro atoms. The lowest BCUT2D eigenvalue weighted by Gasteiger charge is -2.13. The van der Waals surface area contributed by atoms with Gasteiger partial charge in [0.15, 0.2) is 0 Å². The van der Waals surface area contributed by atoms with E-state index in [9.17, 15) is 25.1 Å². The zero-order valence-corrected chi connectivity index (χ0v) is 7.28. The molecule has 0 saturated heterocycles. The van der Waals surface area contributed by atoms with Crippen molar-refractivity contribution >= 4 is 11.8 Å². The predicted octanol–water partition coefficient (Wildman–Crippen LogP) is -0.705. The second kappa shape index (κ2) is 3.36. The van der Waals surface area contributed by atoms with E-state index >= 15 is 0 Å². The van der Waals surface area contributed by atoms with Gasteiger partial charge in [0.1, 0.15) is 15.7 Å². The summed E-state index contributed by atoms with van der Waals surface area (Å²) in [7, 11) is 0. The van der Waals surface area contributed by atoms with Gasteiger partial charge in [0.05, 0.1) is 0 Å². The first-order valence-corrected chi connectivity index (χ1v) is 3.48. The van der Waals surface area contributed by atoms with Crippen molar-refractivity contribution in [2.45, 2.75) is 12.8 Å². The van der Waals surface area contributed by atoms with Crippen LogP contribution < -0.4 is 5.32 Å². The van der Waals surface area contributed by atoms with Gasteiger partial charge in [-0.1, -0.05) is 4.99 Å². The zero-order valence-electron chi connectivity index (χ0n) is 7.28. The summed E-state index contributed by atoms with van der Waals surface area (Å²) in [6, 6.07) is 0. The first-order chi connectivity index (χ1) is 6.92. The molecule has 0 radical (unpaired) electrons. The minimum atomic E-state index is -3.11. The number of nitrogens with one attached hydrogen (secondary N) is 1. The van der Waals surface area contributed by atoms with E-state index in [0.29, 0.717) is 0 Å². The minimum absolute atomic E-state index is 0.187. The van der Waals surface area contributed by atoms with Crippen LogP contribution in [-0.4, -0.2) is 27.6 Å². The second-order valence-corrected chi connectivity index (χ2v) is 2.46. The Labute approximate surface area is 81.2 Å². The maximum Gasteiger partial charge on any atom is 0.678 e. The van der Waals surface area contributed by atoms with Crippen molar-refractivity contribution in [2.24, 2.45) is 15.2 Å². The lowest BCUT2D eigenvalue weighted by molar-refractivity contribution is -0.793. The molecule has 0 aromatic carbocycles. The summed E-state index contributed by atoms with van der Waals surface area (Å²) in [4.78, 5) is 34.5. The molecule has 1 aliphatic rings. The molecule has 0 bridgehead atoms. The van der Waals surface area contributed by atoms with E-state index < -0.39 is 21.7 Å². The van der Waals surface area contributed by atoms with E-state index in [1.54, 1.807) is 0 Å². The monoisotopic (exact) mass is 216 g/mol. The van der Waals surface area contributed by atoms with E-state index in [1.165, 1.54) is 6.92 Å². The highest BCUT2D eigenvalue weighted by molar-refractivity contribution is 6.00.